The Morgan fingerprint density at radius 2 is 1.77 bits per heavy atom. The molecule has 1 saturated carbocycles. The van der Waals surface area contributed by atoms with E-state index in [4.69, 9.17) is 4.74 Å². The van der Waals surface area contributed by atoms with E-state index in [1.54, 1.807) is 4.52 Å². The van der Waals surface area contributed by atoms with Gasteiger partial charge >= 0.3 is 0 Å². The first kappa shape index (κ1) is 20.3. The van der Waals surface area contributed by atoms with Crippen molar-refractivity contribution in [2.24, 2.45) is 0 Å². The molecule has 3 heterocycles. The van der Waals surface area contributed by atoms with Crippen LogP contribution in [0.3, 0.4) is 0 Å². The molecule has 2 fully saturated rings. The van der Waals surface area contributed by atoms with E-state index in [1.807, 2.05) is 26.0 Å². The van der Waals surface area contributed by atoms with Crippen molar-refractivity contribution in [2.75, 3.05) is 25.0 Å². The molecule has 1 aliphatic heterocycles. The zero-order valence-corrected chi connectivity index (χ0v) is 17.6. The van der Waals surface area contributed by atoms with E-state index < -0.39 is 17.7 Å². The topological polar surface area (TPSA) is 67.6 Å². The zero-order chi connectivity index (χ0) is 21.5. The number of fused-ring (bicyclic) bond motifs is 1. The molecule has 3 aromatic rings. The molecule has 9 heteroatoms. The Hall–Kier alpha value is -2.65. The van der Waals surface area contributed by atoms with Gasteiger partial charge in [0.2, 0.25) is 0 Å². The van der Waals surface area contributed by atoms with Crippen molar-refractivity contribution in [1.29, 1.82) is 0 Å². The third-order valence-corrected chi connectivity index (χ3v) is 5.93. The van der Waals surface area contributed by atoms with Crippen molar-refractivity contribution >= 4 is 11.5 Å². The molecule has 7 nitrogen and oxygen atoms in total. The fourth-order valence-electron chi connectivity index (χ4n) is 4.41. The predicted octanol–water partition coefficient (Wildman–Crippen LogP) is 3.54. The first-order valence-electron chi connectivity index (χ1n) is 10.8. The molecule has 1 saturated heterocycles. The van der Waals surface area contributed by atoms with Crippen molar-refractivity contribution in [2.45, 2.75) is 50.9 Å². The van der Waals surface area contributed by atoms with Crippen LogP contribution in [0, 0.1) is 11.6 Å². The van der Waals surface area contributed by atoms with Gasteiger partial charge in [0, 0.05) is 31.1 Å². The third kappa shape index (κ3) is 4.12. The van der Waals surface area contributed by atoms with Crippen LogP contribution in [0.25, 0.3) is 5.65 Å². The minimum absolute atomic E-state index is 0.0197. The summed E-state index contributed by atoms with van der Waals surface area (Å²) < 4.78 is 37.0. The highest BCUT2D eigenvalue weighted by Gasteiger charge is 2.32. The highest BCUT2D eigenvalue weighted by atomic mass is 19.1. The molecule has 3 unspecified atom stereocenters. The second-order valence-electron chi connectivity index (χ2n) is 8.56. The normalized spacial score (nSPS) is 23.2. The molecule has 0 amide bonds. The number of morpholine rings is 1. The SMILES string of the molecule is CC1CN(C(CNc2ccc3nnc(C4CC4)n3n2)c2c(F)cccc2F)CC(C)O1. The fourth-order valence-corrected chi connectivity index (χ4v) is 4.41. The van der Waals surface area contributed by atoms with E-state index in [2.05, 4.69) is 25.5 Å². The molecule has 1 aliphatic carbocycles. The van der Waals surface area contributed by atoms with Crippen molar-refractivity contribution < 1.29 is 13.5 Å². The van der Waals surface area contributed by atoms with Crippen LogP contribution in [0.4, 0.5) is 14.6 Å². The van der Waals surface area contributed by atoms with E-state index in [1.165, 1.54) is 18.2 Å². The number of nitrogens with one attached hydrogen (secondary N) is 1. The number of rotatable bonds is 6. The number of aromatic nitrogens is 4. The Balaban J connectivity index is 1.43. The molecule has 1 N–H and O–H groups in total. The summed E-state index contributed by atoms with van der Waals surface area (Å²) in [6.45, 7) is 5.44. The van der Waals surface area contributed by atoms with Gasteiger partial charge < -0.3 is 10.1 Å². The Labute approximate surface area is 179 Å². The molecule has 5 rings (SSSR count). The summed E-state index contributed by atoms with van der Waals surface area (Å²) in [7, 11) is 0. The van der Waals surface area contributed by atoms with Crippen molar-refractivity contribution in [3.05, 3.63) is 53.4 Å². The lowest BCUT2D eigenvalue weighted by Crippen LogP contribution is -2.48. The summed E-state index contributed by atoms with van der Waals surface area (Å²) in [5.74, 6) is 0.805. The maximum Gasteiger partial charge on any atom is 0.178 e. The van der Waals surface area contributed by atoms with Gasteiger partial charge in [-0.25, -0.2) is 8.78 Å². The molecule has 164 valence electrons. The van der Waals surface area contributed by atoms with Gasteiger partial charge in [-0.05, 0) is 51.0 Å². The predicted molar refractivity (Wildman–Crippen MR) is 112 cm³/mol. The quantitative estimate of drug-likeness (QED) is 0.648. The summed E-state index contributed by atoms with van der Waals surface area (Å²) in [5, 5.41) is 16.4. The first-order chi connectivity index (χ1) is 15.0. The van der Waals surface area contributed by atoms with E-state index in [9.17, 15) is 8.78 Å². The Bertz CT molecular complexity index is 1050. The van der Waals surface area contributed by atoms with Gasteiger partial charge in [0.15, 0.2) is 11.5 Å². The maximum absolute atomic E-state index is 14.7. The number of halogens is 2. The molecule has 0 spiro atoms. The zero-order valence-electron chi connectivity index (χ0n) is 17.6. The summed E-state index contributed by atoms with van der Waals surface area (Å²) in [5.41, 5.74) is 0.764. The lowest BCUT2D eigenvalue weighted by atomic mass is 10.0. The Morgan fingerprint density at radius 3 is 2.45 bits per heavy atom. The summed E-state index contributed by atoms with van der Waals surface area (Å²) >= 11 is 0. The minimum Gasteiger partial charge on any atom is -0.373 e. The van der Waals surface area contributed by atoms with Crippen LogP contribution in [-0.2, 0) is 4.74 Å². The van der Waals surface area contributed by atoms with Crippen LogP contribution < -0.4 is 5.32 Å². The highest BCUT2D eigenvalue weighted by Crippen LogP contribution is 2.38. The molecular formula is C22H26F2N6O. The molecule has 0 radical (unpaired) electrons. The molecule has 3 atom stereocenters. The number of hydrogen-bond acceptors (Lipinski definition) is 6. The molecular weight excluding hydrogens is 402 g/mol. The van der Waals surface area contributed by atoms with Gasteiger partial charge in [-0.15, -0.1) is 15.3 Å². The molecule has 2 aromatic heterocycles. The standard InChI is InChI=1S/C22H26F2N6O/c1-13-11-29(12-14(2)31-13)18(21-16(23)4-3-5-17(21)24)10-25-19-8-9-20-26-27-22(15-6-7-15)30(20)28-19/h3-5,8-9,13-15,18H,6-7,10-12H2,1-2H3,(H,25,28). The van der Waals surface area contributed by atoms with E-state index >= 15 is 0 Å². The summed E-state index contributed by atoms with van der Waals surface area (Å²) in [6.07, 6.45) is 2.16. The summed E-state index contributed by atoms with van der Waals surface area (Å²) in [6, 6.07) is 7.18. The number of nitrogens with zero attached hydrogens (tertiary/aromatic N) is 5. The Kier molecular flexibility index (Phi) is 5.31. The van der Waals surface area contributed by atoms with Gasteiger partial charge in [0.1, 0.15) is 17.5 Å². The number of ether oxygens (including phenoxy) is 1. The monoisotopic (exact) mass is 428 g/mol. The second-order valence-corrected chi connectivity index (χ2v) is 8.56. The molecule has 2 aliphatic rings. The van der Waals surface area contributed by atoms with Crippen LogP contribution in [0.2, 0.25) is 0 Å². The maximum atomic E-state index is 14.7. The summed E-state index contributed by atoms with van der Waals surface area (Å²) in [4.78, 5) is 2.08. The number of benzene rings is 1. The van der Waals surface area contributed by atoms with Crippen LogP contribution in [0.15, 0.2) is 30.3 Å². The third-order valence-electron chi connectivity index (χ3n) is 5.93. The second kappa shape index (κ2) is 8.12. The van der Waals surface area contributed by atoms with Gasteiger partial charge in [0.25, 0.3) is 0 Å². The van der Waals surface area contributed by atoms with Gasteiger partial charge in [0.05, 0.1) is 18.2 Å². The lowest BCUT2D eigenvalue weighted by Gasteiger charge is -2.40. The van der Waals surface area contributed by atoms with Crippen molar-refractivity contribution in [3.63, 3.8) is 0 Å². The molecule has 0 bridgehead atoms. The minimum atomic E-state index is -0.545. The number of anilines is 1. The van der Waals surface area contributed by atoms with E-state index in [0.29, 0.717) is 37.0 Å². The molecule has 31 heavy (non-hydrogen) atoms. The van der Waals surface area contributed by atoms with Crippen LogP contribution in [0.1, 0.15) is 50.0 Å². The van der Waals surface area contributed by atoms with Crippen LogP contribution in [-0.4, -0.2) is 56.6 Å². The van der Waals surface area contributed by atoms with E-state index in [-0.39, 0.29) is 17.8 Å². The van der Waals surface area contributed by atoms with Crippen LogP contribution >= 0.6 is 0 Å². The first-order valence-corrected chi connectivity index (χ1v) is 10.8. The lowest BCUT2D eigenvalue weighted by molar-refractivity contribution is -0.0801. The highest BCUT2D eigenvalue weighted by molar-refractivity contribution is 5.45. The molecule has 1 aromatic carbocycles. The van der Waals surface area contributed by atoms with Crippen molar-refractivity contribution in [1.82, 2.24) is 24.7 Å². The fraction of sp³-hybridized carbons (Fsp3) is 0.500. The Morgan fingerprint density at radius 1 is 1.06 bits per heavy atom. The van der Waals surface area contributed by atoms with Crippen molar-refractivity contribution in [3.8, 4) is 0 Å². The smallest absolute Gasteiger partial charge is 0.178 e. The average molecular weight is 428 g/mol. The van der Waals surface area contributed by atoms with Crippen LogP contribution in [0.5, 0.6) is 0 Å². The average Bonchev–Trinajstić information content (AvgIpc) is 3.48. The number of hydrogen-bond donors (Lipinski definition) is 1. The largest absolute Gasteiger partial charge is 0.373 e. The van der Waals surface area contributed by atoms with Gasteiger partial charge in [-0.3, -0.25) is 4.90 Å². The van der Waals surface area contributed by atoms with E-state index in [0.717, 1.165) is 18.7 Å². The van der Waals surface area contributed by atoms with Gasteiger partial charge in [-0.2, -0.15) is 4.52 Å². The van der Waals surface area contributed by atoms with Gasteiger partial charge in [-0.1, -0.05) is 6.07 Å².